The van der Waals surface area contributed by atoms with Crippen LogP contribution >= 0.6 is 11.6 Å². The van der Waals surface area contributed by atoms with E-state index in [1.54, 1.807) is 0 Å². The van der Waals surface area contributed by atoms with Crippen LogP contribution in [0.1, 0.15) is 18.5 Å². The van der Waals surface area contributed by atoms with Gasteiger partial charge in [-0.15, -0.1) is 0 Å². The first-order chi connectivity index (χ1) is 10.8. The van der Waals surface area contributed by atoms with Crippen molar-refractivity contribution in [3.05, 3.63) is 40.8 Å². The van der Waals surface area contributed by atoms with Gasteiger partial charge < -0.3 is 10.6 Å². The molecule has 1 fully saturated rings. The maximum absolute atomic E-state index is 13.1. The molecule has 0 bridgehead atoms. The summed E-state index contributed by atoms with van der Waals surface area (Å²) in [6, 6.07) is 4.62. The number of rotatable bonds is 4. The van der Waals surface area contributed by atoms with Gasteiger partial charge in [0.05, 0.1) is 5.02 Å². The van der Waals surface area contributed by atoms with Crippen LogP contribution in [0.2, 0.25) is 5.02 Å². The van der Waals surface area contributed by atoms with Gasteiger partial charge in [0.2, 0.25) is 5.95 Å². The Hall–Kier alpha value is -2.09. The zero-order valence-electron chi connectivity index (χ0n) is 11.6. The van der Waals surface area contributed by atoms with Crippen molar-refractivity contribution in [1.82, 2.24) is 9.97 Å². The normalized spacial score (nSPS) is 14.7. The predicted molar refractivity (Wildman–Crippen MR) is 78.4 cm³/mol. The van der Waals surface area contributed by atoms with E-state index in [1.807, 2.05) is 0 Å². The summed E-state index contributed by atoms with van der Waals surface area (Å²) in [7, 11) is 0. The van der Waals surface area contributed by atoms with E-state index >= 15 is 0 Å². The Morgan fingerprint density at radius 3 is 2.48 bits per heavy atom. The zero-order chi connectivity index (χ0) is 16.6. The lowest BCUT2D eigenvalue weighted by Gasteiger charge is -2.12. The van der Waals surface area contributed by atoms with E-state index in [0.717, 1.165) is 25.0 Å². The van der Waals surface area contributed by atoms with Gasteiger partial charge >= 0.3 is 6.18 Å². The average Bonchev–Trinajstić information content (AvgIpc) is 3.26. The van der Waals surface area contributed by atoms with Crippen LogP contribution in [-0.4, -0.2) is 16.0 Å². The highest BCUT2D eigenvalue weighted by Crippen LogP contribution is 2.32. The first kappa shape index (κ1) is 15.8. The maximum Gasteiger partial charge on any atom is 0.433 e. The van der Waals surface area contributed by atoms with Crippen molar-refractivity contribution >= 4 is 29.1 Å². The third-order valence-electron chi connectivity index (χ3n) is 3.12. The molecule has 122 valence electrons. The van der Waals surface area contributed by atoms with Gasteiger partial charge in [0.25, 0.3) is 0 Å². The van der Waals surface area contributed by atoms with Crippen LogP contribution in [0.4, 0.5) is 35.0 Å². The summed E-state index contributed by atoms with van der Waals surface area (Å²) in [5.74, 6) is -0.775. The van der Waals surface area contributed by atoms with Gasteiger partial charge in [-0.2, -0.15) is 18.2 Å². The van der Waals surface area contributed by atoms with Crippen LogP contribution in [0.5, 0.6) is 0 Å². The predicted octanol–water partition coefficient (Wildman–Crippen LogP) is 4.61. The number of hydrogen-bond donors (Lipinski definition) is 2. The molecule has 0 unspecified atom stereocenters. The van der Waals surface area contributed by atoms with Crippen molar-refractivity contribution in [3.63, 3.8) is 0 Å². The Labute approximate surface area is 133 Å². The van der Waals surface area contributed by atoms with E-state index in [2.05, 4.69) is 20.6 Å². The molecule has 0 amide bonds. The molecule has 9 heteroatoms. The molecule has 1 heterocycles. The van der Waals surface area contributed by atoms with E-state index in [1.165, 1.54) is 12.1 Å². The number of benzene rings is 1. The van der Waals surface area contributed by atoms with Crippen molar-refractivity contribution in [3.8, 4) is 0 Å². The summed E-state index contributed by atoms with van der Waals surface area (Å²) in [6.45, 7) is 0. The van der Waals surface area contributed by atoms with Crippen molar-refractivity contribution in [2.45, 2.75) is 25.1 Å². The molecular weight excluding hydrogens is 336 g/mol. The summed E-state index contributed by atoms with van der Waals surface area (Å²) < 4.78 is 51.9. The van der Waals surface area contributed by atoms with Gasteiger partial charge in [-0.25, -0.2) is 9.37 Å². The summed E-state index contributed by atoms with van der Waals surface area (Å²) in [6.07, 6.45) is -2.86. The van der Waals surface area contributed by atoms with Crippen molar-refractivity contribution < 1.29 is 17.6 Å². The minimum absolute atomic E-state index is 0.0573. The van der Waals surface area contributed by atoms with Gasteiger partial charge in [-0.3, -0.25) is 0 Å². The van der Waals surface area contributed by atoms with Crippen molar-refractivity contribution in [2.24, 2.45) is 0 Å². The number of alkyl halides is 3. The standard InChI is InChI=1S/C14H11ClF4N4/c15-9-5-8(3-4-10(9)16)20-12-6-11(14(17,18)19)22-13(23-12)21-7-1-2-7/h3-7H,1-2H2,(H2,20,21,22,23). The number of nitrogens with zero attached hydrogens (tertiary/aromatic N) is 2. The third kappa shape index (κ3) is 4.01. The second kappa shape index (κ2) is 5.84. The highest BCUT2D eigenvalue weighted by atomic mass is 35.5. The molecule has 4 nitrogen and oxygen atoms in total. The van der Waals surface area contributed by atoms with Crippen molar-refractivity contribution in [1.29, 1.82) is 0 Å². The van der Waals surface area contributed by atoms with Crippen LogP contribution in [-0.2, 0) is 6.18 Å². The van der Waals surface area contributed by atoms with E-state index in [-0.39, 0.29) is 22.8 Å². The first-order valence-electron chi connectivity index (χ1n) is 6.76. The van der Waals surface area contributed by atoms with Gasteiger partial charge in [0.15, 0.2) is 5.69 Å². The Balaban J connectivity index is 1.91. The first-order valence-corrected chi connectivity index (χ1v) is 7.14. The van der Waals surface area contributed by atoms with Crippen LogP contribution in [0.25, 0.3) is 0 Å². The van der Waals surface area contributed by atoms with Gasteiger partial charge in [0.1, 0.15) is 11.6 Å². The number of halogens is 5. The molecule has 0 atom stereocenters. The van der Waals surface area contributed by atoms with E-state index < -0.39 is 17.7 Å². The van der Waals surface area contributed by atoms with Crippen LogP contribution < -0.4 is 10.6 Å². The molecule has 1 aromatic heterocycles. The molecule has 1 aliphatic carbocycles. The topological polar surface area (TPSA) is 49.8 Å². The van der Waals surface area contributed by atoms with Gasteiger partial charge in [-0.05, 0) is 31.0 Å². The second-order valence-corrected chi connectivity index (χ2v) is 5.54. The molecule has 23 heavy (non-hydrogen) atoms. The molecule has 1 aromatic carbocycles. The molecule has 0 aliphatic heterocycles. The quantitative estimate of drug-likeness (QED) is 0.794. The highest BCUT2D eigenvalue weighted by molar-refractivity contribution is 6.31. The molecule has 2 N–H and O–H groups in total. The lowest BCUT2D eigenvalue weighted by atomic mass is 10.3. The molecule has 1 saturated carbocycles. The fraction of sp³-hybridized carbons (Fsp3) is 0.286. The van der Waals surface area contributed by atoms with E-state index in [4.69, 9.17) is 11.6 Å². The second-order valence-electron chi connectivity index (χ2n) is 5.13. The number of anilines is 3. The SMILES string of the molecule is Fc1ccc(Nc2cc(C(F)(F)F)nc(NC3CC3)n2)cc1Cl. The smallest absolute Gasteiger partial charge is 0.351 e. The zero-order valence-corrected chi connectivity index (χ0v) is 12.3. The minimum atomic E-state index is -4.60. The van der Waals surface area contributed by atoms with Crippen LogP contribution in [0.15, 0.2) is 24.3 Å². The fourth-order valence-corrected chi connectivity index (χ4v) is 2.03. The molecule has 0 radical (unpaired) electrons. The van der Waals surface area contributed by atoms with Gasteiger partial charge in [0, 0.05) is 17.8 Å². The maximum atomic E-state index is 13.1. The fourth-order valence-electron chi connectivity index (χ4n) is 1.85. The van der Waals surface area contributed by atoms with Gasteiger partial charge in [-0.1, -0.05) is 11.6 Å². The Morgan fingerprint density at radius 2 is 1.87 bits per heavy atom. The third-order valence-corrected chi connectivity index (χ3v) is 3.41. The lowest BCUT2D eigenvalue weighted by Crippen LogP contribution is -2.14. The summed E-state index contributed by atoms with van der Waals surface area (Å²) in [5.41, 5.74) is -0.744. The Morgan fingerprint density at radius 1 is 1.13 bits per heavy atom. The Kier molecular flexibility index (Phi) is 4.01. The largest absolute Gasteiger partial charge is 0.433 e. The monoisotopic (exact) mass is 346 g/mol. The number of nitrogens with one attached hydrogen (secondary N) is 2. The van der Waals surface area contributed by atoms with E-state index in [0.29, 0.717) is 5.69 Å². The molecule has 1 aliphatic rings. The summed E-state index contributed by atoms with van der Waals surface area (Å²) in [5, 5.41) is 5.36. The highest BCUT2D eigenvalue weighted by Gasteiger charge is 2.34. The van der Waals surface area contributed by atoms with Crippen LogP contribution in [0, 0.1) is 5.82 Å². The number of hydrogen-bond acceptors (Lipinski definition) is 4. The molecule has 2 aromatic rings. The Bertz CT molecular complexity index is 731. The van der Waals surface area contributed by atoms with Crippen LogP contribution in [0.3, 0.4) is 0 Å². The molecule has 0 spiro atoms. The number of aromatic nitrogens is 2. The molecule has 3 rings (SSSR count). The van der Waals surface area contributed by atoms with Crippen molar-refractivity contribution in [2.75, 3.05) is 10.6 Å². The van der Waals surface area contributed by atoms with E-state index in [9.17, 15) is 17.6 Å². The molecular formula is C14H11ClF4N4. The summed E-state index contributed by atoms with van der Waals surface area (Å²) in [4.78, 5) is 7.49. The lowest BCUT2D eigenvalue weighted by molar-refractivity contribution is -0.141. The average molecular weight is 347 g/mol. The minimum Gasteiger partial charge on any atom is -0.351 e. The molecule has 0 saturated heterocycles. The summed E-state index contributed by atoms with van der Waals surface area (Å²) >= 11 is 5.65.